The first-order valence-electron chi connectivity index (χ1n) is 10.3. The van der Waals surface area contributed by atoms with Crippen molar-refractivity contribution in [2.75, 3.05) is 5.32 Å². The van der Waals surface area contributed by atoms with Crippen molar-refractivity contribution in [3.63, 3.8) is 0 Å². The van der Waals surface area contributed by atoms with E-state index in [0.29, 0.717) is 16.5 Å². The molecule has 2 aromatic heterocycles. The van der Waals surface area contributed by atoms with Crippen molar-refractivity contribution in [3.8, 4) is 5.69 Å². The van der Waals surface area contributed by atoms with Crippen molar-refractivity contribution in [1.29, 1.82) is 0 Å². The lowest BCUT2D eigenvalue weighted by molar-refractivity contribution is -0.141. The summed E-state index contributed by atoms with van der Waals surface area (Å²) in [6.45, 7) is 2.97. The van der Waals surface area contributed by atoms with Crippen LogP contribution >= 0.6 is 0 Å². The number of benzene rings is 2. The lowest BCUT2D eigenvalue weighted by Crippen LogP contribution is -2.22. The van der Waals surface area contributed by atoms with E-state index >= 15 is 0 Å². The highest BCUT2D eigenvalue weighted by Gasteiger charge is 2.33. The lowest BCUT2D eigenvalue weighted by Gasteiger charge is -2.22. The molecular formula is C24H21F3N4O3. The quantitative estimate of drug-likeness (QED) is 0.401. The minimum Gasteiger partial charge on any atom is -0.392 e. The third kappa shape index (κ3) is 4.78. The van der Waals surface area contributed by atoms with Crippen LogP contribution in [0.15, 0.2) is 60.8 Å². The highest BCUT2D eigenvalue weighted by Crippen LogP contribution is 2.33. The van der Waals surface area contributed by atoms with Crippen LogP contribution < -0.4 is 5.32 Å². The summed E-state index contributed by atoms with van der Waals surface area (Å²) in [5.41, 5.74) is -0.387. The van der Waals surface area contributed by atoms with Crippen LogP contribution in [0.5, 0.6) is 0 Å². The average Bonchev–Trinajstić information content (AvgIpc) is 3.20. The van der Waals surface area contributed by atoms with Crippen molar-refractivity contribution in [2.24, 2.45) is 0 Å². The van der Waals surface area contributed by atoms with Crippen molar-refractivity contribution >= 4 is 22.5 Å². The Morgan fingerprint density at radius 2 is 1.79 bits per heavy atom. The van der Waals surface area contributed by atoms with Gasteiger partial charge in [-0.2, -0.15) is 18.3 Å². The van der Waals surface area contributed by atoms with E-state index in [1.165, 1.54) is 19.9 Å². The van der Waals surface area contributed by atoms with Gasteiger partial charge >= 0.3 is 6.18 Å². The van der Waals surface area contributed by atoms with Crippen molar-refractivity contribution < 1.29 is 28.2 Å². The Labute approximate surface area is 192 Å². The molecule has 7 nitrogen and oxygen atoms in total. The normalized spacial score (nSPS) is 12.2. The minimum atomic E-state index is -4.68. The number of halogens is 3. The second-order valence-corrected chi connectivity index (χ2v) is 8.27. The van der Waals surface area contributed by atoms with Crippen molar-refractivity contribution in [2.45, 2.75) is 32.2 Å². The number of anilines is 1. The Balaban J connectivity index is 1.73. The maximum atomic E-state index is 13.0. The number of amides is 1. The Kier molecular flexibility index (Phi) is 5.88. The highest BCUT2D eigenvalue weighted by atomic mass is 19.4. The summed E-state index contributed by atoms with van der Waals surface area (Å²) < 4.78 is 40.6. The molecule has 4 rings (SSSR count). The van der Waals surface area contributed by atoms with Crippen LogP contribution in [0.25, 0.3) is 16.6 Å². The molecule has 0 aliphatic rings. The number of aliphatic hydroxyl groups is 2. The van der Waals surface area contributed by atoms with E-state index in [0.717, 1.165) is 23.4 Å². The van der Waals surface area contributed by atoms with E-state index in [-0.39, 0.29) is 12.3 Å². The molecule has 1 amide bonds. The predicted molar refractivity (Wildman–Crippen MR) is 119 cm³/mol. The zero-order valence-electron chi connectivity index (χ0n) is 18.3. The summed E-state index contributed by atoms with van der Waals surface area (Å²) in [4.78, 5) is 16.2. The zero-order valence-corrected chi connectivity index (χ0v) is 18.3. The SMILES string of the molecule is CC(C)(O)c1cc2nn(-c3ccc(CO)cc3)cc2cc1NC(=O)c1cccc(C(F)(F)F)n1. The Morgan fingerprint density at radius 1 is 1.09 bits per heavy atom. The lowest BCUT2D eigenvalue weighted by atomic mass is 9.95. The van der Waals surface area contributed by atoms with Gasteiger partial charge in [-0.05, 0) is 55.8 Å². The monoisotopic (exact) mass is 470 g/mol. The van der Waals surface area contributed by atoms with Gasteiger partial charge in [-0.1, -0.05) is 18.2 Å². The Hall–Kier alpha value is -3.76. The summed E-state index contributed by atoms with van der Waals surface area (Å²) in [7, 11) is 0. The molecule has 4 aromatic rings. The number of carbonyl (C=O) groups excluding carboxylic acids is 1. The van der Waals surface area contributed by atoms with Crippen LogP contribution in [0.3, 0.4) is 0 Å². The number of nitrogens with zero attached hydrogens (tertiary/aromatic N) is 3. The smallest absolute Gasteiger partial charge is 0.392 e. The number of aliphatic hydroxyl groups excluding tert-OH is 1. The first-order chi connectivity index (χ1) is 16.0. The molecule has 176 valence electrons. The predicted octanol–water partition coefficient (Wildman–Crippen LogP) is 4.41. The van der Waals surface area contributed by atoms with Crippen LogP contribution in [-0.2, 0) is 18.4 Å². The molecule has 0 unspecified atom stereocenters. The maximum absolute atomic E-state index is 13.0. The molecule has 0 saturated carbocycles. The van der Waals surface area contributed by atoms with Crippen LogP contribution in [-0.4, -0.2) is 30.9 Å². The molecular weight excluding hydrogens is 449 g/mol. The summed E-state index contributed by atoms with van der Waals surface area (Å²) in [6, 6.07) is 13.4. The van der Waals surface area contributed by atoms with Gasteiger partial charge in [0, 0.05) is 22.8 Å². The molecule has 10 heteroatoms. The van der Waals surface area contributed by atoms with Crippen LogP contribution in [0.4, 0.5) is 18.9 Å². The largest absolute Gasteiger partial charge is 0.433 e. The van der Waals surface area contributed by atoms with Crippen LogP contribution in [0.2, 0.25) is 0 Å². The maximum Gasteiger partial charge on any atom is 0.433 e. The number of nitrogens with one attached hydrogen (secondary N) is 1. The molecule has 0 aliphatic carbocycles. The van der Waals surface area contributed by atoms with Gasteiger partial charge in [0.05, 0.1) is 23.4 Å². The van der Waals surface area contributed by atoms with Gasteiger partial charge in [0.15, 0.2) is 0 Å². The third-order valence-electron chi connectivity index (χ3n) is 5.21. The summed E-state index contributed by atoms with van der Waals surface area (Å²) in [6.07, 6.45) is -2.97. The van der Waals surface area contributed by atoms with Crippen LogP contribution in [0, 0.1) is 0 Å². The highest BCUT2D eigenvalue weighted by molar-refractivity contribution is 6.04. The van der Waals surface area contributed by atoms with Gasteiger partial charge in [-0.15, -0.1) is 0 Å². The molecule has 2 heterocycles. The standard InChI is InChI=1S/C24H21F3N4O3/c1-23(2,34)17-11-19-15(12-31(30-19)16-8-6-14(13-32)7-9-16)10-20(17)29-22(33)18-4-3-5-21(28-18)24(25,26)27/h3-12,32,34H,13H2,1-2H3,(H,29,33). The fourth-order valence-electron chi connectivity index (χ4n) is 3.47. The molecule has 0 spiro atoms. The van der Waals surface area contributed by atoms with E-state index < -0.39 is 29.1 Å². The minimum absolute atomic E-state index is 0.0832. The molecule has 0 saturated heterocycles. The fraction of sp³-hybridized carbons (Fsp3) is 0.208. The van der Waals surface area contributed by atoms with Crippen molar-refractivity contribution in [3.05, 3.63) is 83.3 Å². The molecule has 34 heavy (non-hydrogen) atoms. The first-order valence-corrected chi connectivity index (χ1v) is 10.3. The third-order valence-corrected chi connectivity index (χ3v) is 5.21. The molecule has 3 N–H and O–H groups in total. The van der Waals surface area contributed by atoms with E-state index in [2.05, 4.69) is 15.4 Å². The molecule has 0 fully saturated rings. The number of fused-ring (bicyclic) bond motifs is 1. The summed E-state index contributed by atoms with van der Waals surface area (Å²) in [5.74, 6) is -0.845. The Morgan fingerprint density at radius 3 is 2.41 bits per heavy atom. The molecule has 2 aromatic carbocycles. The van der Waals surface area contributed by atoms with Gasteiger partial charge < -0.3 is 15.5 Å². The van der Waals surface area contributed by atoms with Gasteiger partial charge in [-0.3, -0.25) is 4.79 Å². The first kappa shape index (κ1) is 23.4. The number of pyridine rings is 1. The molecule has 0 atom stereocenters. The number of rotatable bonds is 5. The zero-order chi connectivity index (χ0) is 24.7. The van der Waals surface area contributed by atoms with Gasteiger partial charge in [0.25, 0.3) is 5.91 Å². The van der Waals surface area contributed by atoms with Gasteiger partial charge in [0.2, 0.25) is 0 Å². The number of hydrogen-bond acceptors (Lipinski definition) is 5. The topological polar surface area (TPSA) is 100 Å². The number of aromatic nitrogens is 3. The fourth-order valence-corrected chi connectivity index (χ4v) is 3.47. The average molecular weight is 470 g/mol. The number of alkyl halides is 3. The van der Waals surface area contributed by atoms with Gasteiger partial charge in [-0.25, -0.2) is 9.67 Å². The molecule has 0 aliphatic heterocycles. The Bertz CT molecular complexity index is 1360. The summed E-state index contributed by atoms with van der Waals surface area (Å²) in [5, 5.41) is 27.6. The molecule has 0 bridgehead atoms. The summed E-state index contributed by atoms with van der Waals surface area (Å²) >= 11 is 0. The number of hydrogen-bond donors (Lipinski definition) is 3. The van der Waals surface area contributed by atoms with E-state index in [9.17, 15) is 28.2 Å². The van der Waals surface area contributed by atoms with Gasteiger partial charge in [0.1, 0.15) is 11.4 Å². The number of carbonyl (C=O) groups is 1. The van der Waals surface area contributed by atoms with E-state index in [1.54, 1.807) is 47.3 Å². The van der Waals surface area contributed by atoms with Crippen molar-refractivity contribution in [1.82, 2.24) is 14.8 Å². The van der Waals surface area contributed by atoms with E-state index in [1.807, 2.05) is 0 Å². The molecule has 0 radical (unpaired) electrons. The van der Waals surface area contributed by atoms with E-state index in [4.69, 9.17) is 0 Å². The second-order valence-electron chi connectivity index (χ2n) is 8.27. The van der Waals surface area contributed by atoms with Crippen LogP contribution in [0.1, 0.15) is 41.2 Å². The second kappa shape index (κ2) is 8.54.